The lowest BCUT2D eigenvalue weighted by Gasteiger charge is -2.05. The van der Waals surface area contributed by atoms with Gasteiger partial charge in [-0.05, 0) is 29.5 Å². The van der Waals surface area contributed by atoms with Crippen molar-refractivity contribution in [2.75, 3.05) is 5.75 Å². The molecule has 2 aromatic rings. The van der Waals surface area contributed by atoms with Crippen molar-refractivity contribution < 1.29 is 9.59 Å². The van der Waals surface area contributed by atoms with Gasteiger partial charge in [0.1, 0.15) is 0 Å². The van der Waals surface area contributed by atoms with Gasteiger partial charge in [0.05, 0.1) is 11.4 Å². The monoisotopic (exact) mass is 306 g/mol. The zero-order valence-corrected chi connectivity index (χ0v) is 12.3. The van der Waals surface area contributed by atoms with Crippen LogP contribution in [0.5, 0.6) is 0 Å². The smallest absolute Gasteiger partial charge is 0.248 e. The standard InChI is InChI=1S/C12H14N6O2S/c1-8-3-5-10(6-4-8)18-12(15-16-17-18)21-7-11(20)14-13-9(2)19/h3-6H,7H2,1-2H3,(H,13,19)(H,14,20). The average Bonchev–Trinajstić information content (AvgIpc) is 2.92. The van der Waals surface area contributed by atoms with Crippen LogP contribution in [-0.2, 0) is 9.59 Å². The van der Waals surface area contributed by atoms with Crippen molar-refractivity contribution in [1.29, 1.82) is 0 Å². The maximum absolute atomic E-state index is 11.5. The Kier molecular flexibility index (Phi) is 4.88. The number of aryl methyl sites for hydroxylation is 1. The van der Waals surface area contributed by atoms with Crippen molar-refractivity contribution in [3.05, 3.63) is 29.8 Å². The van der Waals surface area contributed by atoms with Crippen LogP contribution in [0.25, 0.3) is 5.69 Å². The van der Waals surface area contributed by atoms with Gasteiger partial charge in [-0.1, -0.05) is 29.5 Å². The molecule has 21 heavy (non-hydrogen) atoms. The van der Waals surface area contributed by atoms with E-state index in [9.17, 15) is 9.59 Å². The number of aromatic nitrogens is 4. The van der Waals surface area contributed by atoms with E-state index in [-0.39, 0.29) is 17.6 Å². The summed E-state index contributed by atoms with van der Waals surface area (Å²) in [5.41, 5.74) is 6.44. The summed E-state index contributed by atoms with van der Waals surface area (Å²) in [6, 6.07) is 7.70. The highest BCUT2D eigenvalue weighted by molar-refractivity contribution is 7.99. The molecule has 0 radical (unpaired) electrons. The molecule has 0 atom stereocenters. The molecule has 1 aromatic carbocycles. The van der Waals surface area contributed by atoms with Crippen LogP contribution in [0.3, 0.4) is 0 Å². The van der Waals surface area contributed by atoms with E-state index in [2.05, 4.69) is 26.4 Å². The molecule has 0 saturated heterocycles. The topological polar surface area (TPSA) is 102 Å². The number of benzene rings is 1. The summed E-state index contributed by atoms with van der Waals surface area (Å²) >= 11 is 1.18. The quantitative estimate of drug-likeness (QED) is 0.619. The van der Waals surface area contributed by atoms with Crippen molar-refractivity contribution in [3.8, 4) is 5.69 Å². The zero-order valence-electron chi connectivity index (χ0n) is 11.5. The third-order valence-electron chi connectivity index (χ3n) is 2.43. The van der Waals surface area contributed by atoms with Gasteiger partial charge in [0.2, 0.25) is 17.0 Å². The Labute approximate surface area is 125 Å². The van der Waals surface area contributed by atoms with E-state index < -0.39 is 0 Å². The summed E-state index contributed by atoms with van der Waals surface area (Å²) in [5, 5.41) is 11.9. The van der Waals surface area contributed by atoms with Gasteiger partial charge in [-0.3, -0.25) is 20.4 Å². The van der Waals surface area contributed by atoms with Crippen LogP contribution >= 0.6 is 11.8 Å². The molecule has 0 fully saturated rings. The normalized spacial score (nSPS) is 10.2. The number of amides is 2. The maximum Gasteiger partial charge on any atom is 0.248 e. The number of carbonyl (C=O) groups excluding carboxylic acids is 2. The highest BCUT2D eigenvalue weighted by Crippen LogP contribution is 2.17. The van der Waals surface area contributed by atoms with Gasteiger partial charge >= 0.3 is 0 Å². The van der Waals surface area contributed by atoms with Gasteiger partial charge in [-0.15, -0.1) is 5.10 Å². The summed E-state index contributed by atoms with van der Waals surface area (Å²) in [5.74, 6) is -0.585. The molecule has 2 rings (SSSR count). The molecular weight excluding hydrogens is 292 g/mol. The molecule has 9 heteroatoms. The van der Waals surface area contributed by atoms with Crippen molar-refractivity contribution in [2.45, 2.75) is 19.0 Å². The molecule has 0 saturated carbocycles. The Bertz CT molecular complexity index is 639. The lowest BCUT2D eigenvalue weighted by molar-refractivity contribution is -0.126. The molecular formula is C12H14N6O2S. The number of rotatable bonds is 4. The number of nitrogens with one attached hydrogen (secondary N) is 2. The van der Waals surface area contributed by atoms with Crippen molar-refractivity contribution in [3.63, 3.8) is 0 Å². The molecule has 8 nitrogen and oxygen atoms in total. The third kappa shape index (κ3) is 4.28. The summed E-state index contributed by atoms with van der Waals surface area (Å²) < 4.78 is 1.55. The molecule has 110 valence electrons. The summed E-state index contributed by atoms with van der Waals surface area (Å²) in [4.78, 5) is 22.2. The van der Waals surface area contributed by atoms with E-state index in [1.165, 1.54) is 18.7 Å². The summed E-state index contributed by atoms with van der Waals surface area (Å²) in [6.07, 6.45) is 0. The van der Waals surface area contributed by atoms with Crippen LogP contribution in [0.4, 0.5) is 0 Å². The average molecular weight is 306 g/mol. The zero-order chi connectivity index (χ0) is 15.2. The van der Waals surface area contributed by atoms with Crippen molar-refractivity contribution >= 4 is 23.6 Å². The van der Waals surface area contributed by atoms with Gasteiger partial charge in [0.15, 0.2) is 0 Å². The molecule has 1 heterocycles. The van der Waals surface area contributed by atoms with Crippen molar-refractivity contribution in [2.24, 2.45) is 0 Å². The Morgan fingerprint density at radius 3 is 2.62 bits per heavy atom. The lowest BCUT2D eigenvalue weighted by atomic mass is 10.2. The fourth-order valence-corrected chi connectivity index (χ4v) is 2.13. The first-order chi connectivity index (χ1) is 10.1. The Balaban J connectivity index is 1.99. The number of hydrogen-bond donors (Lipinski definition) is 2. The molecule has 1 aromatic heterocycles. The number of hydrogen-bond acceptors (Lipinski definition) is 6. The van der Waals surface area contributed by atoms with Crippen LogP contribution in [0.1, 0.15) is 12.5 Å². The number of carbonyl (C=O) groups is 2. The van der Waals surface area contributed by atoms with Crippen LogP contribution in [0.2, 0.25) is 0 Å². The van der Waals surface area contributed by atoms with Gasteiger partial charge in [-0.25, -0.2) is 0 Å². The second kappa shape index (κ2) is 6.84. The Morgan fingerprint density at radius 1 is 1.24 bits per heavy atom. The first kappa shape index (κ1) is 15.0. The molecule has 0 aliphatic heterocycles. The van der Waals surface area contributed by atoms with Gasteiger partial charge < -0.3 is 0 Å². The van der Waals surface area contributed by atoms with Crippen LogP contribution in [-0.4, -0.2) is 37.8 Å². The minimum atomic E-state index is -0.339. The van der Waals surface area contributed by atoms with Gasteiger partial charge in [0, 0.05) is 6.92 Å². The van der Waals surface area contributed by atoms with E-state index in [4.69, 9.17) is 0 Å². The van der Waals surface area contributed by atoms with E-state index >= 15 is 0 Å². The highest BCUT2D eigenvalue weighted by atomic mass is 32.2. The minimum Gasteiger partial charge on any atom is -0.274 e. The second-order valence-corrected chi connectivity index (χ2v) is 5.17. The molecule has 2 N–H and O–H groups in total. The summed E-state index contributed by atoms with van der Waals surface area (Å²) in [7, 11) is 0. The van der Waals surface area contributed by atoms with Gasteiger partial charge in [0.25, 0.3) is 0 Å². The molecule has 0 aliphatic rings. The van der Waals surface area contributed by atoms with E-state index in [0.717, 1.165) is 11.3 Å². The van der Waals surface area contributed by atoms with Crippen LogP contribution in [0.15, 0.2) is 29.4 Å². The van der Waals surface area contributed by atoms with Crippen molar-refractivity contribution in [1.82, 2.24) is 31.1 Å². The highest BCUT2D eigenvalue weighted by Gasteiger charge is 2.11. The Morgan fingerprint density at radius 2 is 1.95 bits per heavy atom. The van der Waals surface area contributed by atoms with Crippen LogP contribution in [0, 0.1) is 6.92 Å². The number of nitrogens with zero attached hydrogens (tertiary/aromatic N) is 4. The number of thioether (sulfide) groups is 1. The number of tetrazole rings is 1. The largest absolute Gasteiger partial charge is 0.274 e. The third-order valence-corrected chi connectivity index (χ3v) is 3.35. The van der Waals surface area contributed by atoms with E-state index in [1.807, 2.05) is 31.2 Å². The van der Waals surface area contributed by atoms with Gasteiger partial charge in [-0.2, -0.15) is 4.68 Å². The molecule has 0 spiro atoms. The van der Waals surface area contributed by atoms with Crippen LogP contribution < -0.4 is 10.9 Å². The predicted octanol–water partition coefficient (Wildman–Crippen LogP) is 0.230. The van der Waals surface area contributed by atoms with E-state index in [0.29, 0.717) is 5.16 Å². The fraction of sp³-hybridized carbons (Fsp3) is 0.250. The lowest BCUT2D eigenvalue weighted by Crippen LogP contribution is -2.41. The predicted molar refractivity (Wildman–Crippen MR) is 76.6 cm³/mol. The van der Waals surface area contributed by atoms with E-state index in [1.54, 1.807) is 4.68 Å². The second-order valence-electron chi connectivity index (χ2n) is 4.23. The first-order valence-electron chi connectivity index (χ1n) is 6.10. The molecule has 0 aliphatic carbocycles. The Hall–Kier alpha value is -2.42. The molecule has 2 amide bonds. The first-order valence-corrected chi connectivity index (χ1v) is 7.08. The maximum atomic E-state index is 11.5. The number of hydrazine groups is 1. The SMILES string of the molecule is CC(=O)NNC(=O)CSc1nnnn1-c1ccc(C)cc1. The molecule has 0 unspecified atom stereocenters. The molecule has 0 bridgehead atoms. The minimum absolute atomic E-state index is 0.0898. The fourth-order valence-electron chi connectivity index (χ4n) is 1.44. The summed E-state index contributed by atoms with van der Waals surface area (Å²) in [6.45, 7) is 3.30.